The van der Waals surface area contributed by atoms with Crippen molar-refractivity contribution in [1.82, 2.24) is 14.8 Å². The third kappa shape index (κ3) is 5.55. The highest BCUT2D eigenvalue weighted by Gasteiger charge is 2.34. The molecule has 1 N–H and O–H groups in total. The maximum atomic E-state index is 14.5. The van der Waals surface area contributed by atoms with E-state index in [9.17, 15) is 18.8 Å². The molecule has 3 aliphatic heterocycles. The smallest absolute Gasteiger partial charge is 0.254 e. The van der Waals surface area contributed by atoms with Gasteiger partial charge in [0.1, 0.15) is 17.3 Å². The molecule has 2 amide bonds. The Morgan fingerprint density at radius 3 is 2.65 bits per heavy atom. The fourth-order valence-electron chi connectivity index (χ4n) is 5.50. The van der Waals surface area contributed by atoms with Gasteiger partial charge in [-0.3, -0.25) is 14.4 Å². The van der Waals surface area contributed by atoms with Crippen LogP contribution in [0.2, 0.25) is 0 Å². The number of rotatable bonds is 2. The summed E-state index contributed by atoms with van der Waals surface area (Å²) in [5.41, 5.74) is 2.60. The zero-order valence-electron chi connectivity index (χ0n) is 23.8. The summed E-state index contributed by atoms with van der Waals surface area (Å²) in [6, 6.07) is 17.7. The van der Waals surface area contributed by atoms with Gasteiger partial charge in [-0.25, -0.2) is 4.39 Å². The van der Waals surface area contributed by atoms with Gasteiger partial charge in [0.2, 0.25) is 0 Å². The Labute approximate surface area is 247 Å². The number of methoxy groups -OCH3 is 1. The van der Waals surface area contributed by atoms with Crippen LogP contribution in [-0.2, 0) is 13.5 Å². The van der Waals surface area contributed by atoms with E-state index in [4.69, 9.17) is 14.2 Å². The minimum Gasteiger partial charge on any atom is -0.493 e. The van der Waals surface area contributed by atoms with Crippen LogP contribution in [-0.4, -0.2) is 48.1 Å². The number of aryl methyl sites for hydroxylation is 1. The molecule has 0 aliphatic carbocycles. The predicted octanol–water partition coefficient (Wildman–Crippen LogP) is 4.63. The second kappa shape index (κ2) is 11.6. The minimum absolute atomic E-state index is 0.114. The molecule has 10 heteroatoms. The van der Waals surface area contributed by atoms with Gasteiger partial charge in [0.15, 0.2) is 11.5 Å². The Kier molecular flexibility index (Phi) is 7.58. The molecule has 1 unspecified atom stereocenters. The van der Waals surface area contributed by atoms with E-state index in [2.05, 4.69) is 5.32 Å². The van der Waals surface area contributed by atoms with Crippen LogP contribution < -0.4 is 25.1 Å². The van der Waals surface area contributed by atoms with Gasteiger partial charge in [-0.05, 0) is 78.1 Å². The molecule has 43 heavy (non-hydrogen) atoms. The number of hydrogen-bond donors (Lipinski definition) is 1. The van der Waals surface area contributed by atoms with Crippen molar-refractivity contribution >= 4 is 11.8 Å². The molecular formula is C33H30FN3O6. The van der Waals surface area contributed by atoms with E-state index < -0.39 is 17.8 Å². The highest BCUT2D eigenvalue weighted by Crippen LogP contribution is 2.41. The van der Waals surface area contributed by atoms with Crippen molar-refractivity contribution in [2.24, 2.45) is 7.05 Å². The lowest BCUT2D eigenvalue weighted by Crippen LogP contribution is -2.41. The summed E-state index contributed by atoms with van der Waals surface area (Å²) in [6.45, 7) is 0.904. The van der Waals surface area contributed by atoms with Crippen molar-refractivity contribution in [3.63, 3.8) is 0 Å². The van der Waals surface area contributed by atoms with Crippen molar-refractivity contribution in [3.05, 3.63) is 117 Å². The predicted molar refractivity (Wildman–Crippen MR) is 157 cm³/mol. The highest BCUT2D eigenvalue weighted by atomic mass is 19.1. The maximum Gasteiger partial charge on any atom is 0.254 e. The number of amides is 2. The molecule has 8 bridgehead atoms. The molecule has 3 aromatic carbocycles. The molecular weight excluding hydrogens is 553 g/mol. The van der Waals surface area contributed by atoms with E-state index in [1.165, 1.54) is 28.8 Å². The Hall–Kier alpha value is -5.12. The minimum atomic E-state index is -0.647. The van der Waals surface area contributed by atoms with E-state index in [1.807, 2.05) is 24.3 Å². The van der Waals surface area contributed by atoms with Gasteiger partial charge in [-0.15, -0.1) is 0 Å². The summed E-state index contributed by atoms with van der Waals surface area (Å²) in [4.78, 5) is 40.8. The number of benzene rings is 3. The van der Waals surface area contributed by atoms with Gasteiger partial charge in [0.25, 0.3) is 17.4 Å². The number of hydrogen-bond acceptors (Lipinski definition) is 6. The molecule has 0 fully saturated rings. The molecule has 0 saturated carbocycles. The van der Waals surface area contributed by atoms with E-state index in [-0.39, 0.29) is 30.2 Å². The number of ether oxygens (including phenoxy) is 3. The van der Waals surface area contributed by atoms with Gasteiger partial charge in [-0.2, -0.15) is 0 Å². The zero-order chi connectivity index (χ0) is 30.1. The second-order valence-corrected chi connectivity index (χ2v) is 10.5. The summed E-state index contributed by atoms with van der Waals surface area (Å²) in [6.07, 6.45) is 2.58. The Morgan fingerprint density at radius 1 is 1.02 bits per heavy atom. The van der Waals surface area contributed by atoms with Crippen LogP contribution in [0.3, 0.4) is 0 Å². The number of pyridine rings is 1. The van der Waals surface area contributed by atoms with Gasteiger partial charge < -0.3 is 29.0 Å². The fourth-order valence-corrected chi connectivity index (χ4v) is 5.50. The van der Waals surface area contributed by atoms with E-state index >= 15 is 0 Å². The van der Waals surface area contributed by atoms with Crippen molar-refractivity contribution in [1.29, 1.82) is 0 Å². The Morgan fingerprint density at radius 2 is 1.84 bits per heavy atom. The molecule has 1 atom stereocenters. The van der Waals surface area contributed by atoms with Crippen LogP contribution in [0.1, 0.15) is 49.9 Å². The van der Waals surface area contributed by atoms with Crippen LogP contribution in [0.4, 0.5) is 4.39 Å². The van der Waals surface area contributed by atoms with Gasteiger partial charge >= 0.3 is 0 Å². The first-order valence-electron chi connectivity index (χ1n) is 14.0. The number of nitrogens with zero attached hydrogens (tertiary/aromatic N) is 2. The summed E-state index contributed by atoms with van der Waals surface area (Å²) in [5.74, 6) is 0.393. The number of carbonyl (C=O) groups is 2. The summed E-state index contributed by atoms with van der Waals surface area (Å²) in [5, 5.41) is 2.73. The zero-order valence-corrected chi connectivity index (χ0v) is 23.8. The molecule has 220 valence electrons. The normalized spacial score (nSPS) is 16.3. The van der Waals surface area contributed by atoms with Crippen molar-refractivity contribution in [2.75, 3.05) is 26.8 Å². The molecule has 0 saturated heterocycles. The molecule has 4 heterocycles. The third-order valence-corrected chi connectivity index (χ3v) is 7.74. The van der Waals surface area contributed by atoms with Gasteiger partial charge in [-0.1, -0.05) is 12.1 Å². The van der Waals surface area contributed by atoms with Crippen LogP contribution in [0.15, 0.2) is 77.7 Å². The Bertz CT molecular complexity index is 1790. The monoisotopic (exact) mass is 583 g/mol. The van der Waals surface area contributed by atoms with Crippen molar-refractivity contribution < 1.29 is 28.2 Å². The Balaban J connectivity index is 1.46. The first-order valence-corrected chi connectivity index (χ1v) is 14.0. The molecule has 9 nitrogen and oxygen atoms in total. The second-order valence-electron chi connectivity index (χ2n) is 10.5. The van der Waals surface area contributed by atoms with E-state index in [0.29, 0.717) is 47.9 Å². The lowest BCUT2D eigenvalue weighted by Gasteiger charge is -2.38. The lowest BCUT2D eigenvalue weighted by molar-refractivity contribution is 0.0693. The standard InChI is InChI=1S/C33H30FN3O6/c1-36-13-10-22(18-30(36)38)33(40)37-14-11-20-16-23-5-7-25(20)31(37)21-4-9-28(41-2)29(17-21)42-15-3-12-35-32(39)26-19-24(43-23)6-8-27(26)34/h4-10,13,16-19,31H,3,11-12,14-15H2,1-2H3,(H,35,39). The van der Waals surface area contributed by atoms with Crippen LogP contribution >= 0.6 is 0 Å². The average molecular weight is 584 g/mol. The number of aromatic nitrogens is 1. The fraction of sp³-hybridized carbons (Fsp3) is 0.242. The van der Waals surface area contributed by atoms with E-state index in [1.54, 1.807) is 43.5 Å². The number of nitrogens with one attached hydrogen (secondary N) is 1. The largest absolute Gasteiger partial charge is 0.493 e. The van der Waals surface area contributed by atoms with Crippen molar-refractivity contribution in [3.8, 4) is 23.0 Å². The highest BCUT2D eigenvalue weighted by molar-refractivity contribution is 5.95. The molecule has 1 aromatic heterocycles. The third-order valence-electron chi connectivity index (χ3n) is 7.74. The topological polar surface area (TPSA) is 99.1 Å². The molecule has 7 rings (SSSR count). The number of carbonyl (C=O) groups excluding carboxylic acids is 2. The first-order chi connectivity index (χ1) is 20.8. The maximum absolute atomic E-state index is 14.5. The van der Waals surface area contributed by atoms with Crippen LogP contribution in [0, 0.1) is 5.82 Å². The van der Waals surface area contributed by atoms with E-state index in [0.717, 1.165) is 16.7 Å². The number of fused-ring (bicyclic) bond motifs is 6. The average Bonchev–Trinajstić information content (AvgIpc) is 3.01. The molecule has 0 radical (unpaired) electrons. The van der Waals surface area contributed by atoms with Crippen LogP contribution in [0.25, 0.3) is 0 Å². The van der Waals surface area contributed by atoms with Crippen molar-refractivity contribution in [2.45, 2.75) is 18.9 Å². The van der Waals surface area contributed by atoms with Crippen LogP contribution in [0.5, 0.6) is 23.0 Å². The first kappa shape index (κ1) is 28.0. The van der Waals surface area contributed by atoms with Gasteiger partial charge in [0.05, 0.1) is 25.3 Å². The SMILES string of the molecule is COc1ccc2cc1OCCCNC(=O)c1cc(ccc1F)Oc1ccc3c(c1)CCN(C(=O)c1ccn(C)c(=O)c1)C23. The molecule has 3 aliphatic rings. The summed E-state index contributed by atoms with van der Waals surface area (Å²) < 4.78 is 33.6. The summed E-state index contributed by atoms with van der Waals surface area (Å²) >= 11 is 0. The lowest BCUT2D eigenvalue weighted by atomic mass is 9.87. The van der Waals surface area contributed by atoms with Gasteiger partial charge in [0, 0.05) is 38.0 Å². The quantitative estimate of drug-likeness (QED) is 0.370. The molecule has 4 aromatic rings. The summed E-state index contributed by atoms with van der Waals surface area (Å²) in [7, 11) is 3.19. The molecule has 0 spiro atoms. The number of halogens is 1.